The summed E-state index contributed by atoms with van der Waals surface area (Å²) in [7, 11) is 0. The smallest absolute Gasteiger partial charge is 0.151 e. The van der Waals surface area contributed by atoms with Crippen LogP contribution in [0.5, 0.6) is 0 Å². The zero-order valence-electron chi connectivity index (χ0n) is 18.4. The van der Waals surface area contributed by atoms with E-state index in [1.807, 2.05) is 18.2 Å². The fraction of sp³-hybridized carbons (Fsp3) is 0.321. The van der Waals surface area contributed by atoms with E-state index in [0.29, 0.717) is 11.1 Å². The Kier molecular flexibility index (Phi) is 7.65. The van der Waals surface area contributed by atoms with Gasteiger partial charge in [0.1, 0.15) is 0 Å². The molecule has 0 amide bonds. The predicted octanol–water partition coefficient (Wildman–Crippen LogP) is 7.36. The van der Waals surface area contributed by atoms with Crippen LogP contribution in [0.25, 0.3) is 10.8 Å². The number of aryl methyl sites for hydroxylation is 2. The Morgan fingerprint density at radius 3 is 2.55 bits per heavy atom. The van der Waals surface area contributed by atoms with E-state index in [2.05, 4.69) is 55.3 Å². The molecule has 0 aliphatic carbocycles. The second kappa shape index (κ2) is 10.6. The number of fused-ring (bicyclic) bond motifs is 1. The average Bonchev–Trinajstić information content (AvgIpc) is 2.77. The van der Waals surface area contributed by atoms with E-state index in [1.165, 1.54) is 49.7 Å². The monoisotopic (exact) mass is 385 g/mol. The molecular weight excluding hydrogens is 352 g/mol. The van der Waals surface area contributed by atoms with E-state index in [4.69, 9.17) is 6.42 Å². The molecule has 0 bridgehead atoms. The highest BCUT2D eigenvalue weighted by Gasteiger charge is 2.10. The molecular formula is C28H33O. The lowest BCUT2D eigenvalue weighted by Gasteiger charge is -2.16. The molecule has 151 valence electrons. The highest BCUT2D eigenvalue weighted by Crippen LogP contribution is 2.25. The van der Waals surface area contributed by atoms with Crippen molar-refractivity contribution in [2.45, 2.75) is 51.9 Å². The summed E-state index contributed by atoms with van der Waals surface area (Å²) in [6.45, 7) is 2.29. The Hall–Kier alpha value is -2.85. The summed E-state index contributed by atoms with van der Waals surface area (Å²) in [5.41, 5.74) is 4.07. The molecule has 3 aromatic rings. The lowest BCUT2D eigenvalue weighted by Crippen LogP contribution is -2.03. The average molecular weight is 386 g/mol. The van der Waals surface area contributed by atoms with Crippen LogP contribution in [0.15, 0.2) is 60.7 Å². The van der Waals surface area contributed by atoms with E-state index < -0.39 is 0 Å². The topological polar surface area (TPSA) is 17.1 Å². The fourth-order valence-corrected chi connectivity index (χ4v) is 4.26. The molecule has 1 atom stereocenters. The number of hydrogen-bond donors (Lipinski definition) is 0. The molecule has 0 aliphatic heterocycles. The zero-order valence-corrected chi connectivity index (χ0v) is 17.4. The summed E-state index contributed by atoms with van der Waals surface area (Å²) in [4.78, 5) is 11.5. The van der Waals surface area contributed by atoms with E-state index >= 15 is 0 Å². The van der Waals surface area contributed by atoms with Crippen molar-refractivity contribution in [1.82, 2.24) is 0 Å². The Bertz CT molecular complexity index is 989. The molecule has 3 rings (SSSR count). The van der Waals surface area contributed by atoms with Crippen LogP contribution in [0.1, 0.15) is 68.9 Å². The molecule has 1 radical (unpaired) electrons. The van der Waals surface area contributed by atoms with Crippen molar-refractivity contribution in [3.63, 3.8) is 0 Å². The Morgan fingerprint density at radius 2 is 1.83 bits per heavy atom. The number of carbonyl (C=O) groups is 1. The molecule has 0 aromatic heterocycles. The summed E-state index contributed by atoms with van der Waals surface area (Å²) in [6, 6.07) is 21.1. The predicted molar refractivity (Wildman–Crippen MR) is 127 cm³/mol. The van der Waals surface area contributed by atoms with Crippen molar-refractivity contribution in [2.75, 3.05) is 0 Å². The van der Waals surface area contributed by atoms with Gasteiger partial charge in [-0.15, -0.1) is 6.42 Å². The maximum atomic E-state index is 11.5. The van der Waals surface area contributed by atoms with Crippen LogP contribution in [0.2, 0.25) is 0 Å². The van der Waals surface area contributed by atoms with Crippen LogP contribution in [-0.4, -0.2) is 6.29 Å². The van der Waals surface area contributed by atoms with Crippen LogP contribution >= 0.6 is 0 Å². The van der Waals surface area contributed by atoms with Crippen molar-refractivity contribution < 1.29 is 7.65 Å². The van der Waals surface area contributed by atoms with E-state index in [-0.39, 0.29) is 2.85 Å². The molecule has 3 aromatic carbocycles. The van der Waals surface area contributed by atoms with Crippen molar-refractivity contribution in [3.8, 4) is 12.3 Å². The molecule has 0 saturated carbocycles. The first kappa shape index (κ1) is 20.9. The minimum atomic E-state index is 0. The largest absolute Gasteiger partial charge is 0.298 e. The number of benzene rings is 3. The summed E-state index contributed by atoms with van der Waals surface area (Å²) < 4.78 is 0. The second-order valence-electron chi connectivity index (χ2n) is 7.92. The third-order valence-electron chi connectivity index (χ3n) is 5.86. The van der Waals surface area contributed by atoms with Gasteiger partial charge in [-0.1, -0.05) is 86.7 Å². The van der Waals surface area contributed by atoms with E-state index in [1.54, 1.807) is 0 Å². The van der Waals surface area contributed by atoms with Gasteiger partial charge in [-0.25, -0.2) is 0 Å². The maximum Gasteiger partial charge on any atom is 0.151 e. The maximum absolute atomic E-state index is 11.5. The first-order valence-corrected chi connectivity index (χ1v) is 10.8. The number of terminal acetylenes is 1. The third-order valence-corrected chi connectivity index (χ3v) is 5.86. The van der Waals surface area contributed by atoms with Crippen LogP contribution < -0.4 is 0 Å². The minimum absolute atomic E-state index is 0. The van der Waals surface area contributed by atoms with Gasteiger partial charge in [-0.05, 0) is 59.6 Å². The van der Waals surface area contributed by atoms with E-state index in [0.717, 1.165) is 29.4 Å². The molecule has 0 spiro atoms. The zero-order chi connectivity index (χ0) is 20.5. The van der Waals surface area contributed by atoms with E-state index in [9.17, 15) is 4.79 Å². The second-order valence-corrected chi connectivity index (χ2v) is 7.92. The standard InChI is InChI=1S/C28H30O.H2.H/c1-3-9-22(14-15-23-10-6-5-7-11-23)12-8-13-24-16-19-27-26(20-24)18-17-25(4-2)28(27)21-29;;/h2,5-7,10-11,16-22H,3,8-9,12-15H2,1H3;1H;. The van der Waals surface area contributed by atoms with Crippen molar-refractivity contribution in [2.24, 2.45) is 5.92 Å². The summed E-state index contributed by atoms with van der Waals surface area (Å²) in [5.74, 6) is 3.40. The summed E-state index contributed by atoms with van der Waals surface area (Å²) >= 11 is 0. The third kappa shape index (κ3) is 5.58. The Morgan fingerprint density at radius 1 is 1.00 bits per heavy atom. The molecule has 1 heteroatoms. The summed E-state index contributed by atoms with van der Waals surface area (Å²) in [5, 5.41) is 2.05. The SMILES string of the molecule is C#Cc1ccc2cc(CCCC(CCC)CCc3ccccc3)ccc2c1C=O.[HH].[H]. The van der Waals surface area contributed by atoms with Crippen LogP contribution in [-0.2, 0) is 12.8 Å². The summed E-state index contributed by atoms with van der Waals surface area (Å²) in [6.07, 6.45) is 14.9. The van der Waals surface area contributed by atoms with Gasteiger partial charge >= 0.3 is 0 Å². The highest BCUT2D eigenvalue weighted by molar-refractivity contribution is 6.00. The lowest BCUT2D eigenvalue weighted by atomic mass is 9.89. The van der Waals surface area contributed by atoms with Gasteiger partial charge in [0.15, 0.2) is 6.29 Å². The molecule has 0 N–H and O–H groups in total. The Balaban J connectivity index is 0.00000240. The van der Waals surface area contributed by atoms with Crippen LogP contribution in [0.4, 0.5) is 0 Å². The van der Waals surface area contributed by atoms with Crippen molar-refractivity contribution in [3.05, 3.63) is 82.9 Å². The molecule has 29 heavy (non-hydrogen) atoms. The quantitative estimate of drug-likeness (QED) is 0.263. The first-order chi connectivity index (χ1) is 14.2. The molecule has 0 heterocycles. The normalized spacial score (nSPS) is 11.9. The molecule has 1 unspecified atom stereocenters. The van der Waals surface area contributed by atoms with Crippen LogP contribution in [0, 0.1) is 18.3 Å². The lowest BCUT2D eigenvalue weighted by molar-refractivity contribution is 0.112. The van der Waals surface area contributed by atoms with Gasteiger partial charge < -0.3 is 0 Å². The van der Waals surface area contributed by atoms with Gasteiger partial charge in [0.05, 0.1) is 0 Å². The fourth-order valence-electron chi connectivity index (χ4n) is 4.26. The first-order valence-electron chi connectivity index (χ1n) is 10.8. The van der Waals surface area contributed by atoms with Gasteiger partial charge in [-0.3, -0.25) is 4.79 Å². The molecule has 1 nitrogen and oxygen atoms in total. The molecule has 0 fully saturated rings. The Labute approximate surface area is 178 Å². The number of aldehydes is 1. The molecule has 0 aliphatic rings. The van der Waals surface area contributed by atoms with Crippen molar-refractivity contribution >= 4 is 17.1 Å². The van der Waals surface area contributed by atoms with Gasteiger partial charge in [0.2, 0.25) is 0 Å². The number of rotatable bonds is 10. The van der Waals surface area contributed by atoms with Gasteiger partial charge in [0, 0.05) is 14.0 Å². The minimum Gasteiger partial charge on any atom is -0.298 e. The van der Waals surface area contributed by atoms with Gasteiger partial charge in [-0.2, -0.15) is 0 Å². The molecule has 0 saturated heterocycles. The van der Waals surface area contributed by atoms with Crippen LogP contribution in [0.3, 0.4) is 0 Å². The highest BCUT2D eigenvalue weighted by atomic mass is 16.1. The van der Waals surface area contributed by atoms with Crippen molar-refractivity contribution in [1.29, 1.82) is 0 Å². The van der Waals surface area contributed by atoms with Gasteiger partial charge in [0.25, 0.3) is 0 Å². The number of hydrogen-bond acceptors (Lipinski definition) is 1. The number of carbonyl (C=O) groups excluding carboxylic acids is 1.